The number of halogens is 3. The summed E-state index contributed by atoms with van der Waals surface area (Å²) in [7, 11) is 0. The van der Waals surface area contributed by atoms with Crippen molar-refractivity contribution in [3.05, 3.63) is 68.4 Å². The summed E-state index contributed by atoms with van der Waals surface area (Å²) in [6.45, 7) is 6.23. The van der Waals surface area contributed by atoms with Crippen molar-refractivity contribution < 1.29 is 4.42 Å². The molecule has 2 aromatic heterocycles. The molecular formula is C23H21BrCl2N4O. The van der Waals surface area contributed by atoms with E-state index in [9.17, 15) is 0 Å². The highest BCUT2D eigenvalue weighted by atomic mass is 79.9. The zero-order chi connectivity index (χ0) is 22.1. The molecule has 5 nitrogen and oxygen atoms in total. The average molecular weight is 520 g/mol. The Morgan fingerprint density at radius 2 is 1.84 bits per heavy atom. The second-order valence-corrected chi connectivity index (χ2v) is 9.23. The molecule has 0 saturated carbocycles. The molecule has 0 N–H and O–H groups in total. The van der Waals surface area contributed by atoms with Gasteiger partial charge in [0.15, 0.2) is 5.69 Å². The molecular weight excluding hydrogens is 499 g/mol. The van der Waals surface area contributed by atoms with Crippen LogP contribution in [0.3, 0.4) is 0 Å². The maximum atomic E-state index is 6.53. The number of aromatic nitrogens is 4. The molecule has 2 aromatic carbocycles. The van der Waals surface area contributed by atoms with Crippen molar-refractivity contribution in [2.45, 2.75) is 39.5 Å². The molecule has 1 unspecified atom stereocenters. The van der Waals surface area contributed by atoms with Crippen molar-refractivity contribution >= 4 is 39.1 Å². The topological polar surface area (TPSA) is 56.7 Å². The van der Waals surface area contributed by atoms with E-state index in [4.69, 9.17) is 32.7 Å². The molecule has 0 aliphatic carbocycles. The fraction of sp³-hybridized carbons (Fsp3) is 0.261. The quantitative estimate of drug-likeness (QED) is 0.260. The highest BCUT2D eigenvalue weighted by molar-refractivity contribution is 9.10. The molecule has 0 bridgehead atoms. The number of hydrogen-bond donors (Lipinski definition) is 0. The van der Waals surface area contributed by atoms with Gasteiger partial charge in [0.25, 0.3) is 5.89 Å². The largest absolute Gasteiger partial charge is 0.419 e. The van der Waals surface area contributed by atoms with Gasteiger partial charge in [-0.2, -0.15) is 5.10 Å². The van der Waals surface area contributed by atoms with Crippen molar-refractivity contribution in [2.75, 3.05) is 0 Å². The van der Waals surface area contributed by atoms with E-state index >= 15 is 0 Å². The van der Waals surface area contributed by atoms with Crippen LogP contribution in [0.4, 0.5) is 0 Å². The lowest BCUT2D eigenvalue weighted by atomic mass is 10.1. The van der Waals surface area contributed by atoms with E-state index in [1.165, 1.54) is 0 Å². The van der Waals surface area contributed by atoms with Gasteiger partial charge in [-0.15, -0.1) is 10.2 Å². The maximum Gasteiger partial charge on any atom is 0.268 e. The Morgan fingerprint density at radius 1 is 1.10 bits per heavy atom. The summed E-state index contributed by atoms with van der Waals surface area (Å²) in [6, 6.07) is 13.4. The first kappa shape index (κ1) is 22.1. The third kappa shape index (κ3) is 4.43. The fourth-order valence-electron chi connectivity index (χ4n) is 3.56. The van der Waals surface area contributed by atoms with Crippen LogP contribution in [0.5, 0.6) is 0 Å². The first-order valence-electron chi connectivity index (χ1n) is 10.0. The minimum absolute atomic E-state index is 0.199. The van der Waals surface area contributed by atoms with E-state index in [1.54, 1.807) is 12.1 Å². The highest BCUT2D eigenvalue weighted by Crippen LogP contribution is 2.36. The molecule has 0 radical (unpaired) electrons. The third-order valence-electron chi connectivity index (χ3n) is 5.16. The van der Waals surface area contributed by atoms with Gasteiger partial charge in [0.05, 0.1) is 16.4 Å². The van der Waals surface area contributed by atoms with Gasteiger partial charge in [0.1, 0.15) is 0 Å². The standard InChI is InChI=1S/C23H21BrCl2N4O/c1-4-5-13(2)22-27-28-23(31-22)20-14(3)21(15-6-8-16(24)9-7-15)30(29-20)19-11-10-17(25)12-18(19)26/h6-13H,4-5H2,1-3H3. The van der Waals surface area contributed by atoms with Crippen molar-refractivity contribution in [3.63, 3.8) is 0 Å². The molecule has 0 aliphatic rings. The summed E-state index contributed by atoms with van der Waals surface area (Å²) < 4.78 is 8.82. The summed E-state index contributed by atoms with van der Waals surface area (Å²) in [5, 5.41) is 14.5. The number of rotatable bonds is 6. The third-order valence-corrected chi connectivity index (χ3v) is 6.23. The average Bonchev–Trinajstić information content (AvgIpc) is 3.34. The molecule has 4 aromatic rings. The van der Waals surface area contributed by atoms with Gasteiger partial charge in [-0.1, -0.05) is 71.5 Å². The number of nitrogens with zero attached hydrogens (tertiary/aromatic N) is 4. The lowest BCUT2D eigenvalue weighted by Crippen LogP contribution is -2.00. The molecule has 160 valence electrons. The van der Waals surface area contributed by atoms with Crippen LogP contribution >= 0.6 is 39.1 Å². The second kappa shape index (κ2) is 9.15. The van der Waals surface area contributed by atoms with Crippen LogP contribution in [0.25, 0.3) is 28.5 Å². The minimum atomic E-state index is 0.199. The van der Waals surface area contributed by atoms with Crippen LogP contribution < -0.4 is 0 Å². The number of benzene rings is 2. The van der Waals surface area contributed by atoms with Gasteiger partial charge >= 0.3 is 0 Å². The molecule has 1 atom stereocenters. The molecule has 8 heteroatoms. The summed E-state index contributed by atoms with van der Waals surface area (Å²) in [5.74, 6) is 1.23. The molecule has 2 heterocycles. The maximum absolute atomic E-state index is 6.53. The van der Waals surface area contributed by atoms with E-state index in [0.717, 1.165) is 39.8 Å². The van der Waals surface area contributed by atoms with Crippen LogP contribution in [0.1, 0.15) is 44.1 Å². The Hall–Kier alpha value is -2.15. The summed E-state index contributed by atoms with van der Waals surface area (Å²) in [6.07, 6.45) is 2.04. The van der Waals surface area contributed by atoms with Gasteiger partial charge in [-0.3, -0.25) is 0 Å². The van der Waals surface area contributed by atoms with Crippen LogP contribution in [0.15, 0.2) is 51.4 Å². The lowest BCUT2D eigenvalue weighted by Gasteiger charge is -2.11. The van der Waals surface area contributed by atoms with Crippen molar-refractivity contribution in [3.8, 4) is 28.5 Å². The van der Waals surface area contributed by atoms with Crippen molar-refractivity contribution in [1.29, 1.82) is 0 Å². The smallest absolute Gasteiger partial charge is 0.268 e. The van der Waals surface area contributed by atoms with Gasteiger partial charge < -0.3 is 4.42 Å². The summed E-state index contributed by atoms with van der Waals surface area (Å²) in [5.41, 5.74) is 4.16. The van der Waals surface area contributed by atoms with Crippen LogP contribution in [0.2, 0.25) is 10.0 Å². The zero-order valence-electron chi connectivity index (χ0n) is 17.4. The summed E-state index contributed by atoms with van der Waals surface area (Å²) in [4.78, 5) is 0. The monoisotopic (exact) mass is 518 g/mol. The number of hydrogen-bond acceptors (Lipinski definition) is 4. The Labute approximate surface area is 199 Å². The normalized spacial score (nSPS) is 12.3. The molecule has 31 heavy (non-hydrogen) atoms. The predicted octanol–water partition coefficient (Wildman–Crippen LogP) is 7.87. The molecule has 0 amide bonds. The Kier molecular flexibility index (Phi) is 6.51. The van der Waals surface area contributed by atoms with Gasteiger partial charge in [-0.05, 0) is 43.7 Å². The van der Waals surface area contributed by atoms with E-state index in [-0.39, 0.29) is 5.92 Å². The predicted molar refractivity (Wildman–Crippen MR) is 128 cm³/mol. The van der Waals surface area contributed by atoms with Crippen LogP contribution in [-0.4, -0.2) is 20.0 Å². The van der Waals surface area contributed by atoms with Crippen molar-refractivity contribution in [1.82, 2.24) is 20.0 Å². The zero-order valence-corrected chi connectivity index (χ0v) is 20.5. The second-order valence-electron chi connectivity index (χ2n) is 7.47. The van der Waals surface area contributed by atoms with Gasteiger partial charge in [0, 0.05) is 26.5 Å². The van der Waals surface area contributed by atoms with E-state index in [0.29, 0.717) is 27.5 Å². The SMILES string of the molecule is CCCC(C)c1nnc(-c2nn(-c3ccc(Cl)cc3Cl)c(-c3ccc(Br)cc3)c2C)o1. The van der Waals surface area contributed by atoms with Crippen molar-refractivity contribution in [2.24, 2.45) is 0 Å². The van der Waals surface area contributed by atoms with Crippen LogP contribution in [0, 0.1) is 6.92 Å². The molecule has 0 fully saturated rings. The molecule has 0 saturated heterocycles. The minimum Gasteiger partial charge on any atom is -0.419 e. The van der Waals surface area contributed by atoms with Gasteiger partial charge in [-0.25, -0.2) is 4.68 Å². The molecule has 0 aliphatic heterocycles. The lowest BCUT2D eigenvalue weighted by molar-refractivity contribution is 0.451. The Bertz CT molecular complexity index is 1220. The first-order chi connectivity index (χ1) is 14.9. The fourth-order valence-corrected chi connectivity index (χ4v) is 4.31. The van der Waals surface area contributed by atoms with E-state index in [2.05, 4.69) is 40.0 Å². The highest BCUT2D eigenvalue weighted by Gasteiger charge is 2.24. The molecule has 4 rings (SSSR count). The van der Waals surface area contributed by atoms with E-state index in [1.807, 2.05) is 41.9 Å². The first-order valence-corrected chi connectivity index (χ1v) is 11.6. The van der Waals surface area contributed by atoms with E-state index < -0.39 is 0 Å². The molecule has 0 spiro atoms. The summed E-state index contributed by atoms with van der Waals surface area (Å²) >= 11 is 16.1. The Balaban J connectivity index is 1.89. The van der Waals surface area contributed by atoms with Crippen LogP contribution in [-0.2, 0) is 0 Å². The van der Waals surface area contributed by atoms with Gasteiger partial charge in [0.2, 0.25) is 5.89 Å². The Morgan fingerprint density at radius 3 is 2.52 bits per heavy atom.